The van der Waals surface area contributed by atoms with Gasteiger partial charge in [0.2, 0.25) is 0 Å². The smallest absolute Gasteiger partial charge is 0.365 e. The summed E-state index contributed by atoms with van der Waals surface area (Å²) in [6.45, 7) is 0.299. The van der Waals surface area contributed by atoms with Crippen molar-refractivity contribution in [1.82, 2.24) is 4.98 Å². The first-order chi connectivity index (χ1) is 7.48. The number of epoxide rings is 1. The zero-order valence-electron chi connectivity index (χ0n) is 8.12. The minimum atomic E-state index is -4.48. The first-order valence-electron chi connectivity index (χ1n) is 4.64. The summed E-state index contributed by atoms with van der Waals surface area (Å²) in [6.07, 6.45) is -4.11. The van der Waals surface area contributed by atoms with Crippen LogP contribution >= 0.6 is 0 Å². The molecule has 0 radical (unpaired) electrons. The number of aromatic nitrogens is 1. The van der Waals surface area contributed by atoms with E-state index >= 15 is 0 Å². The van der Waals surface area contributed by atoms with Crippen molar-refractivity contribution in [3.8, 4) is 0 Å². The molecule has 2 rings (SSSR count). The van der Waals surface area contributed by atoms with Crippen LogP contribution in [-0.4, -0.2) is 23.5 Å². The second-order valence-corrected chi connectivity index (χ2v) is 3.46. The fourth-order valence-corrected chi connectivity index (χ4v) is 1.35. The zero-order valence-corrected chi connectivity index (χ0v) is 8.12. The van der Waals surface area contributed by atoms with Crippen LogP contribution in [0.15, 0.2) is 18.3 Å². The second-order valence-electron chi connectivity index (χ2n) is 3.46. The van der Waals surface area contributed by atoms with Crippen LogP contribution in [0, 0.1) is 0 Å². The Morgan fingerprint density at radius 1 is 1.56 bits per heavy atom. The number of hydrogen-bond donors (Lipinski definition) is 0. The minimum Gasteiger partial charge on any atom is -0.365 e. The molecule has 0 spiro atoms. The van der Waals surface area contributed by atoms with Gasteiger partial charge < -0.3 is 4.74 Å². The standard InChI is InChI=1S/C10H8F3NO2/c11-10(12,13)6-2-1-3-14-7(6)4-8(15)9-5-16-9/h1-3,9H,4-5H2. The summed E-state index contributed by atoms with van der Waals surface area (Å²) < 4.78 is 42.3. The number of rotatable bonds is 3. The maximum Gasteiger partial charge on any atom is 0.418 e. The second kappa shape index (κ2) is 3.86. The molecule has 1 aromatic rings. The van der Waals surface area contributed by atoms with Crippen LogP contribution in [0.3, 0.4) is 0 Å². The van der Waals surface area contributed by atoms with E-state index in [1.165, 1.54) is 12.3 Å². The maximum absolute atomic E-state index is 12.5. The molecular formula is C10H8F3NO2. The predicted molar refractivity (Wildman–Crippen MR) is 47.7 cm³/mol. The molecule has 0 aliphatic carbocycles. The van der Waals surface area contributed by atoms with Crippen LogP contribution in [0.2, 0.25) is 0 Å². The highest BCUT2D eigenvalue weighted by Gasteiger charge is 2.37. The quantitative estimate of drug-likeness (QED) is 0.742. The van der Waals surface area contributed by atoms with Crippen LogP contribution in [-0.2, 0) is 22.1 Å². The molecule has 1 saturated heterocycles. The van der Waals surface area contributed by atoms with Crippen molar-refractivity contribution in [3.05, 3.63) is 29.6 Å². The molecule has 1 aliphatic rings. The van der Waals surface area contributed by atoms with Gasteiger partial charge in [-0.25, -0.2) is 0 Å². The van der Waals surface area contributed by atoms with Crippen molar-refractivity contribution in [2.75, 3.05) is 6.61 Å². The number of ketones is 1. The lowest BCUT2D eigenvalue weighted by Crippen LogP contribution is -2.16. The van der Waals surface area contributed by atoms with Crippen LogP contribution in [0.5, 0.6) is 0 Å². The molecule has 0 aromatic carbocycles. The number of hydrogen-bond acceptors (Lipinski definition) is 3. The first-order valence-corrected chi connectivity index (χ1v) is 4.64. The van der Waals surface area contributed by atoms with Crippen molar-refractivity contribution in [2.24, 2.45) is 0 Å². The summed E-state index contributed by atoms with van der Waals surface area (Å²) in [5, 5.41) is 0. The first kappa shape index (κ1) is 11.1. The number of carbonyl (C=O) groups is 1. The normalized spacial score (nSPS) is 19.6. The predicted octanol–water partition coefficient (Wildman–Crippen LogP) is 1.61. The van der Waals surface area contributed by atoms with Gasteiger partial charge in [-0.05, 0) is 12.1 Å². The van der Waals surface area contributed by atoms with E-state index in [1.54, 1.807) is 0 Å². The molecule has 0 bridgehead atoms. The third-order valence-electron chi connectivity index (χ3n) is 2.23. The van der Waals surface area contributed by atoms with E-state index in [2.05, 4.69) is 4.98 Å². The maximum atomic E-state index is 12.5. The van der Waals surface area contributed by atoms with E-state index in [-0.39, 0.29) is 17.9 Å². The summed E-state index contributed by atoms with van der Waals surface area (Å²) in [5.74, 6) is -0.357. The number of halogens is 3. The Morgan fingerprint density at radius 3 is 2.81 bits per heavy atom. The molecule has 1 unspecified atom stereocenters. The number of pyridine rings is 1. The lowest BCUT2D eigenvalue weighted by molar-refractivity contribution is -0.138. The van der Waals surface area contributed by atoms with Gasteiger partial charge in [0.25, 0.3) is 0 Å². The zero-order chi connectivity index (χ0) is 11.8. The molecule has 0 amide bonds. The molecule has 6 heteroatoms. The summed E-state index contributed by atoms with van der Waals surface area (Å²) in [6, 6.07) is 2.12. The third kappa shape index (κ3) is 2.38. The van der Waals surface area contributed by atoms with Crippen LogP contribution in [0.1, 0.15) is 11.3 Å². The Labute approximate surface area is 89.2 Å². The van der Waals surface area contributed by atoms with Gasteiger partial charge in [0.1, 0.15) is 6.10 Å². The monoisotopic (exact) mass is 231 g/mol. The van der Waals surface area contributed by atoms with Crippen LogP contribution in [0.25, 0.3) is 0 Å². The van der Waals surface area contributed by atoms with Gasteiger partial charge in [0.05, 0.1) is 24.3 Å². The lowest BCUT2D eigenvalue weighted by atomic mass is 10.1. The molecule has 1 atom stereocenters. The van der Waals surface area contributed by atoms with Gasteiger partial charge in [-0.2, -0.15) is 13.2 Å². The molecule has 1 fully saturated rings. The van der Waals surface area contributed by atoms with Crippen molar-refractivity contribution in [1.29, 1.82) is 0 Å². The summed E-state index contributed by atoms with van der Waals surface area (Å²) in [5.41, 5.74) is -1.10. The summed E-state index contributed by atoms with van der Waals surface area (Å²) in [7, 11) is 0. The van der Waals surface area contributed by atoms with E-state index in [1.807, 2.05) is 0 Å². The topological polar surface area (TPSA) is 42.5 Å². The Hall–Kier alpha value is -1.43. The Morgan fingerprint density at radius 2 is 2.25 bits per heavy atom. The van der Waals surface area contributed by atoms with Gasteiger partial charge >= 0.3 is 6.18 Å². The number of alkyl halides is 3. The van der Waals surface area contributed by atoms with E-state index in [9.17, 15) is 18.0 Å². The summed E-state index contributed by atoms with van der Waals surface area (Å²) >= 11 is 0. The Balaban J connectivity index is 2.22. The summed E-state index contributed by atoms with van der Waals surface area (Å²) in [4.78, 5) is 14.9. The van der Waals surface area contributed by atoms with Gasteiger partial charge in [-0.15, -0.1) is 0 Å². The fourth-order valence-electron chi connectivity index (χ4n) is 1.35. The van der Waals surface area contributed by atoms with E-state index in [4.69, 9.17) is 4.74 Å². The Bertz CT molecular complexity index is 413. The molecule has 0 saturated carbocycles. The average molecular weight is 231 g/mol. The fraction of sp³-hybridized carbons (Fsp3) is 0.400. The van der Waals surface area contributed by atoms with Gasteiger partial charge in [0, 0.05) is 6.20 Å². The highest BCUT2D eigenvalue weighted by molar-refractivity contribution is 5.87. The number of Topliss-reactive ketones (excluding diaryl/α,β-unsaturated/α-hetero) is 1. The molecule has 3 nitrogen and oxygen atoms in total. The molecule has 1 aromatic heterocycles. The van der Waals surface area contributed by atoms with Crippen molar-refractivity contribution in [3.63, 3.8) is 0 Å². The van der Waals surface area contributed by atoms with E-state index in [0.717, 1.165) is 6.07 Å². The average Bonchev–Trinajstić information content (AvgIpc) is 2.99. The SMILES string of the molecule is O=C(Cc1ncccc1C(F)(F)F)C1CO1. The van der Waals surface area contributed by atoms with Crippen LogP contribution in [0.4, 0.5) is 13.2 Å². The molecule has 16 heavy (non-hydrogen) atoms. The minimum absolute atomic E-state index is 0.240. The molecule has 2 heterocycles. The van der Waals surface area contributed by atoms with E-state index < -0.39 is 17.8 Å². The largest absolute Gasteiger partial charge is 0.418 e. The lowest BCUT2D eigenvalue weighted by Gasteiger charge is -2.10. The van der Waals surface area contributed by atoms with Crippen molar-refractivity contribution in [2.45, 2.75) is 18.7 Å². The van der Waals surface area contributed by atoms with Crippen LogP contribution < -0.4 is 0 Å². The molecule has 0 N–H and O–H groups in total. The number of nitrogens with zero attached hydrogens (tertiary/aromatic N) is 1. The highest BCUT2D eigenvalue weighted by Crippen LogP contribution is 2.31. The van der Waals surface area contributed by atoms with Gasteiger partial charge in [-0.1, -0.05) is 0 Å². The molecule has 1 aliphatic heterocycles. The molecule has 86 valence electrons. The number of carbonyl (C=O) groups excluding carboxylic acids is 1. The molecular weight excluding hydrogens is 223 g/mol. The third-order valence-corrected chi connectivity index (χ3v) is 2.23. The van der Waals surface area contributed by atoms with Crippen molar-refractivity contribution >= 4 is 5.78 Å². The van der Waals surface area contributed by atoms with Gasteiger partial charge in [0.15, 0.2) is 5.78 Å². The Kier molecular flexibility index (Phi) is 2.67. The van der Waals surface area contributed by atoms with Gasteiger partial charge in [-0.3, -0.25) is 9.78 Å². The highest BCUT2D eigenvalue weighted by atomic mass is 19.4. The van der Waals surface area contributed by atoms with E-state index in [0.29, 0.717) is 6.61 Å². The number of ether oxygens (including phenoxy) is 1. The van der Waals surface area contributed by atoms with Crippen molar-refractivity contribution < 1.29 is 22.7 Å².